The molecule has 1 amide bonds. The summed E-state index contributed by atoms with van der Waals surface area (Å²) in [5, 5.41) is 2.96. The van der Waals surface area contributed by atoms with E-state index in [0.29, 0.717) is 6.54 Å². The second kappa shape index (κ2) is 8.31. The Morgan fingerprint density at radius 3 is 2.64 bits per heavy atom. The van der Waals surface area contributed by atoms with Gasteiger partial charge in [-0.1, -0.05) is 0 Å². The van der Waals surface area contributed by atoms with Gasteiger partial charge in [-0.25, -0.2) is 4.79 Å². The Morgan fingerprint density at radius 1 is 1.25 bits per heavy atom. The number of nitrogens with one attached hydrogen (secondary N) is 1. The van der Waals surface area contributed by atoms with Crippen LogP contribution in [-0.2, 0) is 11.3 Å². The molecule has 1 aliphatic heterocycles. The molecule has 0 saturated carbocycles. The van der Waals surface area contributed by atoms with E-state index in [2.05, 4.69) is 15.2 Å². The monoisotopic (exact) mass is 386 g/mol. The molecule has 0 aromatic carbocycles. The number of rotatable bonds is 4. The van der Waals surface area contributed by atoms with Crippen LogP contribution in [0.3, 0.4) is 0 Å². The molecule has 7 nitrogen and oxygen atoms in total. The number of hydrogen-bond donors (Lipinski definition) is 1. The van der Waals surface area contributed by atoms with Gasteiger partial charge in [0.2, 0.25) is 0 Å². The quantitative estimate of drug-likeness (QED) is 0.874. The topological polar surface area (TPSA) is 76.5 Å². The summed E-state index contributed by atoms with van der Waals surface area (Å²) in [6, 6.07) is 5.52. The number of likely N-dealkylation sites (tertiary alicyclic amines) is 1. The van der Waals surface area contributed by atoms with E-state index in [0.717, 1.165) is 49.1 Å². The molecule has 7 heteroatoms. The Morgan fingerprint density at radius 2 is 1.96 bits per heavy atom. The molecule has 3 heterocycles. The summed E-state index contributed by atoms with van der Waals surface area (Å²) in [5.74, 6) is 0. The van der Waals surface area contributed by atoms with Crippen LogP contribution < -0.4 is 10.9 Å². The van der Waals surface area contributed by atoms with Crippen LogP contribution in [0.25, 0.3) is 11.0 Å². The average Bonchev–Trinajstić information content (AvgIpc) is 2.60. The second-order valence-corrected chi connectivity index (χ2v) is 8.50. The van der Waals surface area contributed by atoms with Crippen molar-refractivity contribution in [2.24, 2.45) is 0 Å². The predicted octanol–water partition coefficient (Wildman–Crippen LogP) is 2.69. The van der Waals surface area contributed by atoms with Gasteiger partial charge in [-0.2, -0.15) is 0 Å². The summed E-state index contributed by atoms with van der Waals surface area (Å²) in [5.41, 5.74) is 2.28. The molecule has 0 unspecified atom stereocenters. The van der Waals surface area contributed by atoms with Crippen LogP contribution in [0.5, 0.6) is 0 Å². The molecule has 2 aromatic heterocycles. The molecule has 3 rings (SSSR count). The Balaban J connectivity index is 1.54. The third-order valence-corrected chi connectivity index (χ3v) is 4.92. The highest BCUT2D eigenvalue weighted by Gasteiger charge is 2.23. The number of nitrogens with zero attached hydrogens (tertiary/aromatic N) is 3. The first-order valence-corrected chi connectivity index (χ1v) is 9.89. The molecule has 1 N–H and O–H groups in total. The van der Waals surface area contributed by atoms with Gasteiger partial charge in [0.25, 0.3) is 5.56 Å². The number of ether oxygens (including phenoxy) is 1. The molecule has 0 radical (unpaired) electrons. The largest absolute Gasteiger partial charge is 0.444 e. The smallest absolute Gasteiger partial charge is 0.407 e. The van der Waals surface area contributed by atoms with Gasteiger partial charge in [-0.05, 0) is 58.2 Å². The maximum absolute atomic E-state index is 12.4. The summed E-state index contributed by atoms with van der Waals surface area (Å²) in [7, 11) is 0. The van der Waals surface area contributed by atoms with Gasteiger partial charge in [-0.15, -0.1) is 0 Å². The normalized spacial score (nSPS) is 16.3. The van der Waals surface area contributed by atoms with Crippen LogP contribution in [-0.4, -0.2) is 51.8 Å². The minimum Gasteiger partial charge on any atom is -0.444 e. The number of alkyl carbamates (subject to hydrolysis) is 1. The molecule has 2 aromatic rings. The zero-order valence-corrected chi connectivity index (χ0v) is 17.2. The second-order valence-electron chi connectivity index (χ2n) is 8.50. The van der Waals surface area contributed by atoms with Crippen molar-refractivity contribution in [3.8, 4) is 0 Å². The molecule has 152 valence electrons. The number of carbonyl (C=O) groups is 1. The van der Waals surface area contributed by atoms with Crippen molar-refractivity contribution >= 4 is 17.1 Å². The number of fused-ring (bicyclic) bond motifs is 1. The Labute approximate surface area is 165 Å². The summed E-state index contributed by atoms with van der Waals surface area (Å²) in [6.07, 6.45) is 3.23. The van der Waals surface area contributed by atoms with Crippen molar-refractivity contribution < 1.29 is 9.53 Å². The minimum atomic E-state index is -0.482. The van der Waals surface area contributed by atoms with E-state index >= 15 is 0 Å². The van der Waals surface area contributed by atoms with Gasteiger partial charge in [0.1, 0.15) is 5.60 Å². The first-order valence-electron chi connectivity index (χ1n) is 9.89. The van der Waals surface area contributed by atoms with Crippen molar-refractivity contribution in [2.75, 3.05) is 19.6 Å². The van der Waals surface area contributed by atoms with Gasteiger partial charge < -0.3 is 19.5 Å². The van der Waals surface area contributed by atoms with E-state index in [1.54, 1.807) is 16.7 Å². The van der Waals surface area contributed by atoms with Crippen LogP contribution in [0.2, 0.25) is 0 Å². The zero-order chi connectivity index (χ0) is 20.3. The number of piperidine rings is 1. The highest BCUT2D eigenvalue weighted by molar-refractivity contribution is 5.74. The van der Waals surface area contributed by atoms with Gasteiger partial charge in [-0.3, -0.25) is 9.78 Å². The molecule has 0 bridgehead atoms. The van der Waals surface area contributed by atoms with Crippen molar-refractivity contribution in [3.05, 3.63) is 40.3 Å². The summed E-state index contributed by atoms with van der Waals surface area (Å²) >= 11 is 0. The molecular weight excluding hydrogens is 356 g/mol. The molecule has 0 spiro atoms. The van der Waals surface area contributed by atoms with Gasteiger partial charge in [0.05, 0.1) is 11.0 Å². The number of aromatic nitrogens is 2. The van der Waals surface area contributed by atoms with E-state index < -0.39 is 5.60 Å². The average molecular weight is 386 g/mol. The Kier molecular flexibility index (Phi) is 6.03. The summed E-state index contributed by atoms with van der Waals surface area (Å²) in [6.45, 7) is 10.8. The Bertz CT molecular complexity index is 893. The third-order valence-electron chi connectivity index (χ3n) is 4.92. The molecule has 1 saturated heterocycles. The lowest BCUT2D eigenvalue weighted by atomic mass is 10.1. The maximum Gasteiger partial charge on any atom is 0.407 e. The lowest BCUT2D eigenvalue weighted by Gasteiger charge is -2.33. The van der Waals surface area contributed by atoms with E-state index in [4.69, 9.17) is 4.74 Å². The fourth-order valence-corrected chi connectivity index (χ4v) is 3.52. The number of hydrogen-bond acceptors (Lipinski definition) is 5. The first kappa shape index (κ1) is 20.3. The van der Waals surface area contributed by atoms with Crippen LogP contribution in [0.1, 0.15) is 39.2 Å². The van der Waals surface area contributed by atoms with Crippen molar-refractivity contribution in [1.29, 1.82) is 0 Å². The number of amides is 1. The molecule has 1 aliphatic rings. The number of carbonyl (C=O) groups excluding carboxylic acids is 1. The molecule has 1 fully saturated rings. The fourth-order valence-electron chi connectivity index (χ4n) is 3.52. The number of aryl methyl sites for hydroxylation is 1. The molecule has 0 aliphatic carbocycles. The van der Waals surface area contributed by atoms with Crippen LogP contribution in [0, 0.1) is 6.92 Å². The molecule has 28 heavy (non-hydrogen) atoms. The lowest BCUT2D eigenvalue weighted by Crippen LogP contribution is -2.46. The van der Waals surface area contributed by atoms with Gasteiger partial charge in [0, 0.05) is 44.5 Å². The highest BCUT2D eigenvalue weighted by atomic mass is 16.6. The van der Waals surface area contributed by atoms with Gasteiger partial charge >= 0.3 is 6.09 Å². The van der Waals surface area contributed by atoms with Crippen LogP contribution >= 0.6 is 0 Å². The first-order chi connectivity index (χ1) is 13.2. The van der Waals surface area contributed by atoms with Crippen LogP contribution in [0.15, 0.2) is 29.2 Å². The zero-order valence-electron chi connectivity index (χ0n) is 17.2. The maximum atomic E-state index is 12.4. The lowest BCUT2D eigenvalue weighted by molar-refractivity contribution is 0.0478. The third kappa shape index (κ3) is 5.32. The van der Waals surface area contributed by atoms with Gasteiger partial charge in [0.15, 0.2) is 0 Å². The summed E-state index contributed by atoms with van der Waals surface area (Å²) in [4.78, 5) is 31.0. The van der Waals surface area contributed by atoms with E-state index in [9.17, 15) is 9.59 Å². The Hall–Kier alpha value is -2.41. The van der Waals surface area contributed by atoms with Crippen LogP contribution in [0.4, 0.5) is 4.79 Å². The number of pyridine rings is 2. The fraction of sp³-hybridized carbons (Fsp3) is 0.571. The highest BCUT2D eigenvalue weighted by Crippen LogP contribution is 2.14. The van der Waals surface area contributed by atoms with E-state index in [1.807, 2.05) is 40.0 Å². The van der Waals surface area contributed by atoms with Crippen molar-refractivity contribution in [3.63, 3.8) is 0 Å². The minimum absolute atomic E-state index is 0.00128. The summed E-state index contributed by atoms with van der Waals surface area (Å²) < 4.78 is 7.13. The molecule has 0 atom stereocenters. The predicted molar refractivity (Wildman–Crippen MR) is 110 cm³/mol. The van der Waals surface area contributed by atoms with Crippen molar-refractivity contribution in [1.82, 2.24) is 19.8 Å². The molecular formula is C21H30N4O3. The van der Waals surface area contributed by atoms with E-state index in [1.165, 1.54) is 0 Å². The van der Waals surface area contributed by atoms with Crippen molar-refractivity contribution in [2.45, 2.75) is 58.7 Å². The SMILES string of the molecule is Cc1cnc2ccc(=O)n(CCN3CCC(NC(=O)OC(C)(C)C)CC3)c2c1. The standard InChI is InChI=1S/C21H30N4O3/c1-15-13-18-17(22-14-15)5-6-19(26)25(18)12-11-24-9-7-16(8-10-24)23-20(27)28-21(2,3)4/h5-6,13-14,16H,7-12H2,1-4H3,(H,23,27). The van der Waals surface area contributed by atoms with E-state index in [-0.39, 0.29) is 17.7 Å².